The Morgan fingerprint density at radius 2 is 1.92 bits per heavy atom. The van der Waals surface area contributed by atoms with Gasteiger partial charge in [0.1, 0.15) is 23.4 Å². The van der Waals surface area contributed by atoms with Crippen molar-refractivity contribution in [3.05, 3.63) is 106 Å². The first-order valence-electron chi connectivity index (χ1n) is 11.5. The van der Waals surface area contributed by atoms with Gasteiger partial charge in [-0.15, -0.1) is 0 Å². The van der Waals surface area contributed by atoms with Gasteiger partial charge in [-0.05, 0) is 66.8 Å². The lowest BCUT2D eigenvalue weighted by Crippen LogP contribution is -2.32. The number of hydrogen-bond acceptors (Lipinski definition) is 4. The van der Waals surface area contributed by atoms with Crippen LogP contribution in [-0.4, -0.2) is 27.4 Å². The molecule has 1 aliphatic heterocycles. The minimum atomic E-state index is -0.494. The fraction of sp³-hybridized carbons (Fsp3) is 0.148. The van der Waals surface area contributed by atoms with Crippen molar-refractivity contribution in [3.8, 4) is 11.3 Å². The Morgan fingerprint density at radius 1 is 1.11 bits per heavy atom. The molecular weight excluding hydrogens is 534 g/mol. The number of anilines is 1. The summed E-state index contributed by atoms with van der Waals surface area (Å²) >= 11 is 18.1. The fourth-order valence-electron chi connectivity index (χ4n) is 4.30. The van der Waals surface area contributed by atoms with Crippen LogP contribution in [0.2, 0.25) is 10.0 Å². The van der Waals surface area contributed by atoms with Crippen LogP contribution in [0.15, 0.2) is 83.4 Å². The molecule has 1 amide bonds. The molecule has 0 radical (unpaired) electrons. The number of furan rings is 1. The number of para-hydroxylation sites is 1. The predicted octanol–water partition coefficient (Wildman–Crippen LogP) is 6.79. The van der Waals surface area contributed by atoms with E-state index in [4.69, 9.17) is 39.8 Å². The van der Waals surface area contributed by atoms with Crippen LogP contribution in [0.4, 0.5) is 10.1 Å². The summed E-state index contributed by atoms with van der Waals surface area (Å²) < 4.78 is 20.3. The number of thiocarbonyl (C=S) groups is 1. The summed E-state index contributed by atoms with van der Waals surface area (Å²) in [6.07, 6.45) is 1.79. The Hall–Kier alpha value is -3.46. The molecule has 2 N–H and O–H groups in total. The van der Waals surface area contributed by atoms with Gasteiger partial charge in [0.25, 0.3) is 0 Å². The molecule has 5 rings (SSSR count). The maximum atomic E-state index is 14.0. The number of carbonyl (C=O) groups excluding carboxylic acids is 1. The van der Waals surface area contributed by atoms with Crippen LogP contribution in [0.1, 0.15) is 30.0 Å². The highest BCUT2D eigenvalue weighted by atomic mass is 35.5. The highest BCUT2D eigenvalue weighted by molar-refractivity contribution is 7.80. The molecule has 0 aliphatic carbocycles. The van der Waals surface area contributed by atoms with Gasteiger partial charge in [-0.3, -0.25) is 9.78 Å². The van der Waals surface area contributed by atoms with Crippen LogP contribution in [0, 0.1) is 5.82 Å². The molecule has 2 atom stereocenters. The van der Waals surface area contributed by atoms with E-state index in [1.54, 1.807) is 36.5 Å². The van der Waals surface area contributed by atoms with Crippen LogP contribution in [0.5, 0.6) is 0 Å². The van der Waals surface area contributed by atoms with Gasteiger partial charge in [-0.1, -0.05) is 41.4 Å². The van der Waals surface area contributed by atoms with Crippen LogP contribution in [0.3, 0.4) is 0 Å². The number of benzene rings is 2. The van der Waals surface area contributed by atoms with E-state index in [2.05, 4.69) is 15.6 Å². The second-order valence-corrected chi connectivity index (χ2v) is 9.65. The summed E-state index contributed by atoms with van der Waals surface area (Å²) in [4.78, 5) is 19.0. The molecule has 0 saturated carbocycles. The minimum Gasteiger partial charge on any atom is -0.459 e. The Bertz CT molecular complexity index is 1450. The summed E-state index contributed by atoms with van der Waals surface area (Å²) in [5, 5.41) is 7.39. The van der Waals surface area contributed by atoms with Gasteiger partial charge in [-0.2, -0.15) is 0 Å². The van der Waals surface area contributed by atoms with Crippen LogP contribution >= 0.6 is 35.4 Å². The van der Waals surface area contributed by atoms with Gasteiger partial charge in [0.2, 0.25) is 5.91 Å². The summed E-state index contributed by atoms with van der Waals surface area (Å²) in [5.74, 6) is 0.373. The molecular formula is C27H21Cl2FN4O2S. The van der Waals surface area contributed by atoms with Gasteiger partial charge in [0, 0.05) is 29.7 Å². The number of carbonyl (C=O) groups is 1. The molecule has 0 unspecified atom stereocenters. The second kappa shape index (κ2) is 10.9. The maximum Gasteiger partial charge on any atom is 0.226 e. The van der Waals surface area contributed by atoms with E-state index in [1.165, 1.54) is 12.1 Å². The third-order valence-corrected chi connectivity index (χ3v) is 6.94. The molecule has 0 spiro atoms. The predicted molar refractivity (Wildman–Crippen MR) is 146 cm³/mol. The number of nitrogens with one attached hydrogen (secondary N) is 2. The third-order valence-electron chi connectivity index (χ3n) is 6.04. The van der Waals surface area contributed by atoms with E-state index in [9.17, 15) is 9.18 Å². The first-order valence-corrected chi connectivity index (χ1v) is 12.6. The van der Waals surface area contributed by atoms with E-state index in [-0.39, 0.29) is 36.6 Å². The molecule has 1 fully saturated rings. The van der Waals surface area contributed by atoms with Gasteiger partial charge < -0.3 is 20.0 Å². The lowest BCUT2D eigenvalue weighted by Gasteiger charge is -2.25. The van der Waals surface area contributed by atoms with Gasteiger partial charge in [-0.25, -0.2) is 4.39 Å². The monoisotopic (exact) mass is 554 g/mol. The maximum absolute atomic E-state index is 14.0. The van der Waals surface area contributed by atoms with Crippen molar-refractivity contribution >= 4 is 52.1 Å². The largest absolute Gasteiger partial charge is 0.459 e. The Kier molecular flexibility index (Phi) is 7.41. The van der Waals surface area contributed by atoms with Crippen molar-refractivity contribution in [2.45, 2.75) is 18.5 Å². The zero-order chi connectivity index (χ0) is 25.9. The second-order valence-electron chi connectivity index (χ2n) is 8.42. The molecule has 188 valence electrons. The van der Waals surface area contributed by atoms with Crippen molar-refractivity contribution in [2.75, 3.05) is 11.9 Å². The lowest BCUT2D eigenvalue weighted by atomic mass is 10.0. The molecule has 6 nitrogen and oxygen atoms in total. The molecule has 4 aromatic rings. The lowest BCUT2D eigenvalue weighted by molar-refractivity contribution is -0.116. The normalized spacial score (nSPS) is 17.1. The Balaban J connectivity index is 1.42. The van der Waals surface area contributed by atoms with Gasteiger partial charge in [0.05, 0.1) is 22.4 Å². The van der Waals surface area contributed by atoms with Gasteiger partial charge >= 0.3 is 0 Å². The number of hydrogen-bond donors (Lipinski definition) is 2. The van der Waals surface area contributed by atoms with E-state index < -0.39 is 5.82 Å². The van der Waals surface area contributed by atoms with Gasteiger partial charge in [0.15, 0.2) is 5.11 Å². The van der Waals surface area contributed by atoms with E-state index >= 15 is 0 Å². The smallest absolute Gasteiger partial charge is 0.226 e. The number of aromatic nitrogens is 1. The molecule has 1 saturated heterocycles. The van der Waals surface area contributed by atoms with Crippen molar-refractivity contribution in [3.63, 3.8) is 0 Å². The highest BCUT2D eigenvalue weighted by Gasteiger charge is 2.41. The van der Waals surface area contributed by atoms with Crippen LogP contribution < -0.4 is 10.6 Å². The molecule has 10 heteroatoms. The first kappa shape index (κ1) is 25.2. The Morgan fingerprint density at radius 3 is 2.68 bits per heavy atom. The summed E-state index contributed by atoms with van der Waals surface area (Å²) in [5.41, 5.74) is 1.61. The number of pyridine rings is 1. The average molecular weight is 555 g/mol. The number of rotatable bonds is 7. The molecule has 1 aliphatic rings. The van der Waals surface area contributed by atoms with Crippen molar-refractivity contribution in [1.29, 1.82) is 0 Å². The summed E-state index contributed by atoms with van der Waals surface area (Å²) in [7, 11) is 0. The van der Waals surface area contributed by atoms with E-state index in [0.29, 0.717) is 32.2 Å². The number of nitrogens with zero attached hydrogens (tertiary/aromatic N) is 2. The molecule has 3 heterocycles. The molecule has 0 bridgehead atoms. The fourth-order valence-corrected chi connectivity index (χ4v) is 5.13. The standard InChI is InChI=1S/C27H21Cl2FN4O2S/c28-16-8-9-17(18(29)15-16)22-10-11-23(36-22)26-25(21-7-3-4-13-31-21)33-27(37)34(26)14-12-24(35)32-20-6-2-1-5-19(20)30/h1-11,13,15,25-26H,12,14H2,(H,32,35)(H,33,37)/t25-,26-/m0/s1. The summed E-state index contributed by atoms with van der Waals surface area (Å²) in [6.45, 7) is 0.276. The molecule has 2 aromatic heterocycles. The van der Waals surface area contributed by atoms with E-state index in [1.807, 2.05) is 35.2 Å². The van der Waals surface area contributed by atoms with E-state index in [0.717, 1.165) is 5.69 Å². The molecule has 2 aromatic carbocycles. The van der Waals surface area contributed by atoms with Crippen LogP contribution in [0.25, 0.3) is 11.3 Å². The number of amides is 1. The topological polar surface area (TPSA) is 70.4 Å². The van der Waals surface area contributed by atoms with Crippen molar-refractivity contribution in [2.24, 2.45) is 0 Å². The average Bonchev–Trinajstić information content (AvgIpc) is 3.49. The number of halogens is 3. The quantitative estimate of drug-likeness (QED) is 0.245. The zero-order valence-electron chi connectivity index (χ0n) is 19.3. The third kappa shape index (κ3) is 5.46. The highest BCUT2D eigenvalue weighted by Crippen LogP contribution is 2.41. The minimum absolute atomic E-state index is 0.0815. The van der Waals surface area contributed by atoms with Crippen molar-refractivity contribution < 1.29 is 13.6 Å². The molecule has 37 heavy (non-hydrogen) atoms. The SMILES string of the molecule is O=C(CCN1C(=S)N[C@@H](c2ccccn2)[C@@H]1c1ccc(-c2ccc(Cl)cc2Cl)o1)Nc1ccccc1F. The summed E-state index contributed by atoms with van der Waals surface area (Å²) in [6, 6.07) is 19.9. The zero-order valence-corrected chi connectivity index (χ0v) is 21.7. The van der Waals surface area contributed by atoms with Crippen molar-refractivity contribution in [1.82, 2.24) is 15.2 Å². The first-order chi connectivity index (χ1) is 17.9. The Labute approximate surface area is 228 Å². The van der Waals surface area contributed by atoms with Crippen LogP contribution in [-0.2, 0) is 4.79 Å².